The third-order valence-corrected chi connectivity index (χ3v) is 2.65. The van der Waals surface area contributed by atoms with Crippen molar-refractivity contribution in [2.24, 2.45) is 11.7 Å². The molecule has 0 saturated carbocycles. The summed E-state index contributed by atoms with van der Waals surface area (Å²) < 4.78 is 0. The van der Waals surface area contributed by atoms with Gasteiger partial charge in [-0.25, -0.2) is 0 Å². The van der Waals surface area contributed by atoms with E-state index in [9.17, 15) is 4.79 Å². The third kappa shape index (κ3) is 2.67. The van der Waals surface area contributed by atoms with Crippen molar-refractivity contribution in [2.45, 2.75) is 19.4 Å². The Morgan fingerprint density at radius 2 is 2.38 bits per heavy atom. The quantitative estimate of drug-likeness (QED) is 0.617. The number of hydrogen-bond acceptors (Lipinski definition) is 3. The van der Waals surface area contributed by atoms with Crippen LogP contribution in [0.4, 0.5) is 0 Å². The van der Waals surface area contributed by atoms with Crippen molar-refractivity contribution in [3.63, 3.8) is 0 Å². The van der Waals surface area contributed by atoms with Crippen LogP contribution < -0.4 is 11.1 Å². The van der Waals surface area contributed by atoms with Crippen LogP contribution in [0.5, 0.6) is 0 Å². The minimum atomic E-state index is -0.183. The number of rotatable bonds is 3. The molecule has 0 spiro atoms. The molecule has 1 saturated heterocycles. The normalized spacial score (nSPS) is 30.3. The highest BCUT2D eigenvalue weighted by Gasteiger charge is 2.30. The highest BCUT2D eigenvalue weighted by Crippen LogP contribution is 2.15. The SMILES string of the molecule is CCNC1CCN(C)CC1C(N)=O. The first-order chi connectivity index (χ1) is 6.15. The Morgan fingerprint density at radius 3 is 2.92 bits per heavy atom. The lowest BCUT2D eigenvalue weighted by Gasteiger charge is -2.35. The van der Waals surface area contributed by atoms with E-state index in [2.05, 4.69) is 17.1 Å². The largest absolute Gasteiger partial charge is 0.369 e. The molecule has 0 aromatic carbocycles. The summed E-state index contributed by atoms with van der Waals surface area (Å²) in [5.74, 6) is -0.212. The van der Waals surface area contributed by atoms with Crippen molar-refractivity contribution < 1.29 is 4.79 Å². The van der Waals surface area contributed by atoms with Crippen LogP contribution >= 0.6 is 0 Å². The van der Waals surface area contributed by atoms with Gasteiger partial charge >= 0.3 is 0 Å². The number of nitrogens with one attached hydrogen (secondary N) is 1. The second kappa shape index (κ2) is 4.58. The van der Waals surface area contributed by atoms with Gasteiger partial charge in [-0.1, -0.05) is 6.92 Å². The number of carbonyl (C=O) groups is 1. The summed E-state index contributed by atoms with van der Waals surface area (Å²) in [6.07, 6.45) is 1.01. The van der Waals surface area contributed by atoms with Crippen LogP contribution in [-0.2, 0) is 4.79 Å². The number of piperidine rings is 1. The Balaban J connectivity index is 2.55. The molecule has 0 aromatic rings. The van der Waals surface area contributed by atoms with E-state index in [4.69, 9.17) is 5.73 Å². The van der Waals surface area contributed by atoms with Gasteiger partial charge in [-0.2, -0.15) is 0 Å². The van der Waals surface area contributed by atoms with Crippen LogP contribution in [0.1, 0.15) is 13.3 Å². The van der Waals surface area contributed by atoms with Gasteiger partial charge in [-0.15, -0.1) is 0 Å². The van der Waals surface area contributed by atoms with Crippen molar-refractivity contribution in [1.29, 1.82) is 0 Å². The average Bonchev–Trinajstić information content (AvgIpc) is 2.08. The maximum absolute atomic E-state index is 11.1. The topological polar surface area (TPSA) is 58.4 Å². The van der Waals surface area contributed by atoms with Crippen molar-refractivity contribution in [2.75, 3.05) is 26.7 Å². The molecule has 1 rings (SSSR count). The van der Waals surface area contributed by atoms with E-state index in [0.29, 0.717) is 0 Å². The Hall–Kier alpha value is -0.610. The molecule has 1 fully saturated rings. The highest BCUT2D eigenvalue weighted by molar-refractivity contribution is 5.77. The third-order valence-electron chi connectivity index (χ3n) is 2.65. The molecule has 3 N–H and O–H groups in total. The van der Waals surface area contributed by atoms with Gasteiger partial charge in [0.15, 0.2) is 0 Å². The fourth-order valence-corrected chi connectivity index (χ4v) is 1.91. The molecule has 1 heterocycles. The van der Waals surface area contributed by atoms with E-state index in [1.54, 1.807) is 0 Å². The molecule has 0 aromatic heterocycles. The maximum atomic E-state index is 11.1. The molecule has 1 aliphatic rings. The zero-order valence-electron chi connectivity index (χ0n) is 8.42. The molecule has 13 heavy (non-hydrogen) atoms. The molecule has 0 radical (unpaired) electrons. The van der Waals surface area contributed by atoms with E-state index < -0.39 is 0 Å². The van der Waals surface area contributed by atoms with Crippen LogP contribution in [0.2, 0.25) is 0 Å². The minimum Gasteiger partial charge on any atom is -0.369 e. The van der Waals surface area contributed by atoms with Crippen LogP contribution in [0.25, 0.3) is 0 Å². The second-order valence-electron chi connectivity index (χ2n) is 3.72. The number of likely N-dealkylation sites (tertiary alicyclic amines) is 1. The molecule has 2 atom stereocenters. The molecule has 1 amide bonds. The summed E-state index contributed by atoms with van der Waals surface area (Å²) in [6, 6.07) is 0.277. The predicted molar refractivity (Wildman–Crippen MR) is 52.3 cm³/mol. The summed E-state index contributed by atoms with van der Waals surface area (Å²) in [5, 5.41) is 3.31. The predicted octanol–water partition coefficient (Wildman–Crippen LogP) is -0.598. The number of primary amides is 1. The summed E-state index contributed by atoms with van der Waals surface area (Å²) in [5.41, 5.74) is 5.34. The lowest BCUT2D eigenvalue weighted by molar-refractivity contribution is -0.124. The van der Waals surface area contributed by atoms with Gasteiger partial charge in [-0.3, -0.25) is 4.79 Å². The van der Waals surface area contributed by atoms with Crippen molar-refractivity contribution >= 4 is 5.91 Å². The van der Waals surface area contributed by atoms with Crippen molar-refractivity contribution in [3.05, 3.63) is 0 Å². The average molecular weight is 185 g/mol. The number of nitrogens with two attached hydrogens (primary N) is 1. The van der Waals surface area contributed by atoms with Crippen LogP contribution in [0, 0.1) is 5.92 Å². The molecule has 4 nitrogen and oxygen atoms in total. The monoisotopic (exact) mass is 185 g/mol. The Kier molecular flexibility index (Phi) is 3.69. The van der Waals surface area contributed by atoms with E-state index in [1.807, 2.05) is 7.05 Å². The van der Waals surface area contributed by atoms with E-state index >= 15 is 0 Å². The molecule has 2 unspecified atom stereocenters. The van der Waals surface area contributed by atoms with E-state index in [0.717, 1.165) is 26.1 Å². The summed E-state index contributed by atoms with van der Waals surface area (Å²) >= 11 is 0. The van der Waals surface area contributed by atoms with Gasteiger partial charge in [0.2, 0.25) is 5.91 Å². The Morgan fingerprint density at radius 1 is 1.69 bits per heavy atom. The Bertz CT molecular complexity index is 184. The maximum Gasteiger partial charge on any atom is 0.223 e. The zero-order chi connectivity index (χ0) is 9.84. The first kappa shape index (κ1) is 10.5. The lowest BCUT2D eigenvalue weighted by Crippen LogP contribution is -2.52. The van der Waals surface area contributed by atoms with Gasteiger partial charge in [0, 0.05) is 12.6 Å². The smallest absolute Gasteiger partial charge is 0.223 e. The van der Waals surface area contributed by atoms with Crippen molar-refractivity contribution in [3.8, 4) is 0 Å². The lowest BCUT2D eigenvalue weighted by atomic mass is 9.92. The summed E-state index contributed by atoms with van der Waals surface area (Å²) in [7, 11) is 2.03. The molecule has 0 bridgehead atoms. The summed E-state index contributed by atoms with van der Waals surface area (Å²) in [4.78, 5) is 13.3. The van der Waals surface area contributed by atoms with E-state index in [-0.39, 0.29) is 17.9 Å². The number of carbonyl (C=O) groups excluding carboxylic acids is 1. The van der Waals surface area contributed by atoms with E-state index in [1.165, 1.54) is 0 Å². The van der Waals surface area contributed by atoms with Crippen molar-refractivity contribution in [1.82, 2.24) is 10.2 Å². The number of nitrogens with zero attached hydrogens (tertiary/aromatic N) is 1. The number of amides is 1. The standard InChI is InChI=1S/C9H19N3O/c1-3-11-8-4-5-12(2)6-7(8)9(10)13/h7-8,11H,3-6H2,1-2H3,(H2,10,13). The molecule has 1 aliphatic heterocycles. The van der Waals surface area contributed by atoms with Crippen LogP contribution in [0.3, 0.4) is 0 Å². The van der Waals surface area contributed by atoms with Crippen LogP contribution in [-0.4, -0.2) is 43.5 Å². The first-order valence-electron chi connectivity index (χ1n) is 4.86. The first-order valence-corrected chi connectivity index (χ1v) is 4.86. The zero-order valence-corrected chi connectivity index (χ0v) is 8.42. The van der Waals surface area contributed by atoms with Gasteiger partial charge in [0.1, 0.15) is 0 Å². The molecule has 76 valence electrons. The molecular formula is C9H19N3O. The minimum absolute atomic E-state index is 0.0290. The Labute approximate surface area is 79.5 Å². The summed E-state index contributed by atoms with van der Waals surface area (Å²) in [6.45, 7) is 4.78. The van der Waals surface area contributed by atoms with Gasteiger partial charge in [0.05, 0.1) is 5.92 Å². The number of hydrogen-bond donors (Lipinski definition) is 2. The molecular weight excluding hydrogens is 166 g/mol. The fraction of sp³-hybridized carbons (Fsp3) is 0.889. The van der Waals surface area contributed by atoms with Gasteiger partial charge in [-0.05, 0) is 26.6 Å². The van der Waals surface area contributed by atoms with Crippen LogP contribution in [0.15, 0.2) is 0 Å². The fourth-order valence-electron chi connectivity index (χ4n) is 1.91. The van der Waals surface area contributed by atoms with Gasteiger partial charge in [0.25, 0.3) is 0 Å². The highest BCUT2D eigenvalue weighted by atomic mass is 16.1. The second-order valence-corrected chi connectivity index (χ2v) is 3.72. The molecule has 4 heteroatoms. The van der Waals surface area contributed by atoms with Gasteiger partial charge < -0.3 is 16.0 Å². The molecule has 0 aliphatic carbocycles.